The highest BCUT2D eigenvalue weighted by molar-refractivity contribution is 5.46. The molecule has 1 aromatic rings. The van der Waals surface area contributed by atoms with Gasteiger partial charge in [-0.1, -0.05) is 32.6 Å². The summed E-state index contributed by atoms with van der Waals surface area (Å²) in [5.41, 5.74) is 14.2. The number of rotatable bonds is 4. The van der Waals surface area contributed by atoms with Gasteiger partial charge in [-0.25, -0.2) is 0 Å². The Labute approximate surface area is 110 Å². The number of pyridine rings is 1. The van der Waals surface area contributed by atoms with Crippen LogP contribution < -0.4 is 11.5 Å². The fourth-order valence-corrected chi connectivity index (χ4v) is 3.19. The molecule has 1 aliphatic rings. The van der Waals surface area contributed by atoms with Crippen molar-refractivity contribution in [3.63, 3.8) is 0 Å². The summed E-state index contributed by atoms with van der Waals surface area (Å²) in [6.45, 7) is 2.27. The first-order valence-corrected chi connectivity index (χ1v) is 7.17. The van der Waals surface area contributed by atoms with Crippen LogP contribution in [-0.4, -0.2) is 4.98 Å². The van der Waals surface area contributed by atoms with Crippen molar-refractivity contribution in [1.82, 2.24) is 4.98 Å². The van der Waals surface area contributed by atoms with Crippen LogP contribution in [0.2, 0.25) is 0 Å². The molecule has 0 aliphatic heterocycles. The minimum atomic E-state index is 0.0567. The van der Waals surface area contributed by atoms with Gasteiger partial charge >= 0.3 is 0 Å². The summed E-state index contributed by atoms with van der Waals surface area (Å²) in [5, 5.41) is 0. The Balaban J connectivity index is 1.95. The van der Waals surface area contributed by atoms with Gasteiger partial charge in [-0.05, 0) is 30.7 Å². The summed E-state index contributed by atoms with van der Waals surface area (Å²) < 4.78 is 0. The Morgan fingerprint density at radius 1 is 1.33 bits per heavy atom. The number of nitrogen functional groups attached to an aromatic ring is 1. The van der Waals surface area contributed by atoms with Gasteiger partial charge in [0.1, 0.15) is 0 Å². The zero-order chi connectivity index (χ0) is 13.0. The Kier molecular flexibility index (Phi) is 4.59. The van der Waals surface area contributed by atoms with E-state index in [2.05, 4.69) is 11.9 Å². The first-order chi connectivity index (χ1) is 8.72. The van der Waals surface area contributed by atoms with Crippen molar-refractivity contribution in [3.8, 4) is 0 Å². The second-order valence-electron chi connectivity index (χ2n) is 5.60. The SMILES string of the molecule is CCCC1CCC(C(N)c2cnccc2N)CC1. The molecule has 0 spiro atoms. The molecule has 1 atom stereocenters. The molecule has 1 aliphatic carbocycles. The number of hydrogen-bond donors (Lipinski definition) is 2. The van der Waals surface area contributed by atoms with Gasteiger partial charge in [-0.15, -0.1) is 0 Å². The predicted octanol–water partition coefficient (Wildman–Crippen LogP) is 3.27. The van der Waals surface area contributed by atoms with Crippen LogP contribution in [0.25, 0.3) is 0 Å². The summed E-state index contributed by atoms with van der Waals surface area (Å²) in [6, 6.07) is 1.90. The number of nitrogens with zero attached hydrogens (tertiary/aromatic N) is 1. The number of hydrogen-bond acceptors (Lipinski definition) is 3. The van der Waals surface area contributed by atoms with E-state index in [0.717, 1.165) is 17.2 Å². The topological polar surface area (TPSA) is 64.9 Å². The predicted molar refractivity (Wildman–Crippen MR) is 75.9 cm³/mol. The second kappa shape index (κ2) is 6.19. The van der Waals surface area contributed by atoms with E-state index in [0.29, 0.717) is 5.92 Å². The largest absolute Gasteiger partial charge is 0.398 e. The second-order valence-corrected chi connectivity index (χ2v) is 5.60. The average molecular weight is 247 g/mol. The molecule has 2 rings (SSSR count). The van der Waals surface area contributed by atoms with Crippen molar-refractivity contribution in [1.29, 1.82) is 0 Å². The zero-order valence-corrected chi connectivity index (χ0v) is 11.3. The molecular weight excluding hydrogens is 222 g/mol. The van der Waals surface area contributed by atoms with Crippen LogP contribution in [0.15, 0.2) is 18.5 Å². The molecule has 4 N–H and O–H groups in total. The third-order valence-electron chi connectivity index (χ3n) is 4.34. The van der Waals surface area contributed by atoms with Gasteiger partial charge in [0, 0.05) is 29.7 Å². The van der Waals surface area contributed by atoms with Crippen LogP contribution in [-0.2, 0) is 0 Å². The molecule has 0 aromatic carbocycles. The van der Waals surface area contributed by atoms with E-state index >= 15 is 0 Å². The van der Waals surface area contributed by atoms with Crippen molar-refractivity contribution < 1.29 is 0 Å². The van der Waals surface area contributed by atoms with Crippen LogP contribution in [0.5, 0.6) is 0 Å². The quantitative estimate of drug-likeness (QED) is 0.858. The zero-order valence-electron chi connectivity index (χ0n) is 11.3. The summed E-state index contributed by atoms with van der Waals surface area (Å²) >= 11 is 0. The van der Waals surface area contributed by atoms with E-state index in [4.69, 9.17) is 11.5 Å². The van der Waals surface area contributed by atoms with Crippen LogP contribution >= 0.6 is 0 Å². The minimum Gasteiger partial charge on any atom is -0.398 e. The molecule has 1 fully saturated rings. The molecule has 18 heavy (non-hydrogen) atoms. The first kappa shape index (κ1) is 13.3. The molecule has 1 heterocycles. The van der Waals surface area contributed by atoms with E-state index in [-0.39, 0.29) is 6.04 Å². The van der Waals surface area contributed by atoms with Crippen LogP contribution in [0.4, 0.5) is 5.69 Å². The van der Waals surface area contributed by atoms with Gasteiger partial charge in [-0.2, -0.15) is 0 Å². The molecule has 3 heteroatoms. The lowest BCUT2D eigenvalue weighted by Crippen LogP contribution is -2.26. The van der Waals surface area contributed by atoms with E-state index in [1.165, 1.54) is 38.5 Å². The van der Waals surface area contributed by atoms with Crippen LogP contribution in [0, 0.1) is 11.8 Å². The van der Waals surface area contributed by atoms with Gasteiger partial charge in [0.2, 0.25) is 0 Å². The maximum absolute atomic E-state index is 6.37. The Bertz CT molecular complexity index is 370. The Morgan fingerprint density at radius 2 is 2.06 bits per heavy atom. The van der Waals surface area contributed by atoms with Crippen LogP contribution in [0.1, 0.15) is 57.1 Å². The van der Waals surface area contributed by atoms with Gasteiger partial charge in [0.05, 0.1) is 0 Å². The van der Waals surface area contributed by atoms with Crippen molar-refractivity contribution in [2.75, 3.05) is 5.73 Å². The van der Waals surface area contributed by atoms with E-state index in [1.807, 2.05) is 12.3 Å². The third-order valence-corrected chi connectivity index (χ3v) is 4.34. The molecule has 3 nitrogen and oxygen atoms in total. The molecule has 100 valence electrons. The fourth-order valence-electron chi connectivity index (χ4n) is 3.19. The molecule has 0 amide bonds. The molecule has 0 radical (unpaired) electrons. The summed E-state index contributed by atoms with van der Waals surface area (Å²) in [4.78, 5) is 4.15. The minimum absolute atomic E-state index is 0.0567. The molecular formula is C15H25N3. The molecule has 0 saturated heterocycles. The van der Waals surface area contributed by atoms with Gasteiger partial charge in [-0.3, -0.25) is 4.98 Å². The monoisotopic (exact) mass is 247 g/mol. The third kappa shape index (κ3) is 3.02. The Hall–Kier alpha value is -1.09. The molecule has 1 unspecified atom stereocenters. The number of nitrogens with two attached hydrogens (primary N) is 2. The highest BCUT2D eigenvalue weighted by Crippen LogP contribution is 2.38. The normalized spacial score (nSPS) is 25.9. The smallest absolute Gasteiger partial charge is 0.0393 e. The highest BCUT2D eigenvalue weighted by Gasteiger charge is 2.26. The molecule has 0 bridgehead atoms. The summed E-state index contributed by atoms with van der Waals surface area (Å²) in [7, 11) is 0. The van der Waals surface area contributed by atoms with Crippen molar-refractivity contribution in [3.05, 3.63) is 24.0 Å². The lowest BCUT2D eigenvalue weighted by atomic mass is 9.76. The fraction of sp³-hybridized carbons (Fsp3) is 0.667. The van der Waals surface area contributed by atoms with Gasteiger partial charge in [0.15, 0.2) is 0 Å². The van der Waals surface area contributed by atoms with E-state index < -0.39 is 0 Å². The lowest BCUT2D eigenvalue weighted by Gasteiger charge is -2.32. The lowest BCUT2D eigenvalue weighted by molar-refractivity contribution is 0.234. The summed E-state index contributed by atoms with van der Waals surface area (Å²) in [5.74, 6) is 1.49. The van der Waals surface area contributed by atoms with Crippen molar-refractivity contribution in [2.45, 2.75) is 51.5 Å². The van der Waals surface area contributed by atoms with Gasteiger partial charge in [0.25, 0.3) is 0 Å². The van der Waals surface area contributed by atoms with E-state index in [9.17, 15) is 0 Å². The number of aromatic nitrogens is 1. The maximum atomic E-state index is 6.37. The van der Waals surface area contributed by atoms with Crippen molar-refractivity contribution >= 4 is 5.69 Å². The van der Waals surface area contributed by atoms with Crippen molar-refractivity contribution in [2.24, 2.45) is 17.6 Å². The van der Waals surface area contributed by atoms with Crippen LogP contribution in [0.3, 0.4) is 0 Å². The number of anilines is 1. The molecule has 1 saturated carbocycles. The summed E-state index contributed by atoms with van der Waals surface area (Å²) in [6.07, 6.45) is 11.4. The standard InChI is InChI=1S/C15H25N3/c1-2-3-11-4-6-12(7-5-11)15(17)13-10-18-9-8-14(13)16/h8-12,15H,2-7,17H2,1H3,(H2,16,18). The first-order valence-electron chi connectivity index (χ1n) is 7.17. The van der Waals surface area contributed by atoms with Gasteiger partial charge < -0.3 is 11.5 Å². The van der Waals surface area contributed by atoms with E-state index in [1.54, 1.807) is 6.20 Å². The molecule has 1 aromatic heterocycles. The average Bonchev–Trinajstić information content (AvgIpc) is 2.40. The Morgan fingerprint density at radius 3 is 2.67 bits per heavy atom. The maximum Gasteiger partial charge on any atom is 0.0393 e. The highest BCUT2D eigenvalue weighted by atomic mass is 14.7.